The Hall–Kier alpha value is -1.05. The Morgan fingerprint density at radius 3 is 2.73 bits per heavy atom. The Morgan fingerprint density at radius 1 is 1.33 bits per heavy atom. The van der Waals surface area contributed by atoms with E-state index in [1.807, 2.05) is 12.4 Å². The molecule has 15 heavy (non-hydrogen) atoms. The van der Waals surface area contributed by atoms with E-state index in [0.29, 0.717) is 5.92 Å². The number of hydrogen-bond donors (Lipinski definition) is 0. The SMILES string of the molecule is CC(C)c1cncc2c1C(C)(C)CCO2. The Bertz CT molecular complexity index is 369. The Labute approximate surface area is 91.7 Å². The van der Waals surface area contributed by atoms with Crippen LogP contribution in [0, 0.1) is 0 Å². The highest BCUT2D eigenvalue weighted by molar-refractivity contribution is 5.45. The van der Waals surface area contributed by atoms with Crippen molar-refractivity contribution in [1.82, 2.24) is 4.98 Å². The summed E-state index contributed by atoms with van der Waals surface area (Å²) < 4.78 is 5.69. The summed E-state index contributed by atoms with van der Waals surface area (Å²) in [7, 11) is 0. The number of ether oxygens (including phenoxy) is 1. The maximum absolute atomic E-state index is 5.69. The van der Waals surface area contributed by atoms with Gasteiger partial charge in [0.1, 0.15) is 5.75 Å². The molecule has 0 saturated carbocycles. The standard InChI is InChI=1S/C13H19NO/c1-9(2)10-7-14-8-11-12(10)13(3,4)5-6-15-11/h7-9H,5-6H2,1-4H3. The zero-order valence-electron chi connectivity index (χ0n) is 10.0. The summed E-state index contributed by atoms with van der Waals surface area (Å²) in [6.45, 7) is 9.81. The maximum Gasteiger partial charge on any atom is 0.141 e. The van der Waals surface area contributed by atoms with Crippen LogP contribution in [0.3, 0.4) is 0 Å². The molecule has 1 aliphatic rings. The fourth-order valence-electron chi connectivity index (χ4n) is 2.27. The number of rotatable bonds is 1. The minimum absolute atomic E-state index is 0.218. The van der Waals surface area contributed by atoms with Gasteiger partial charge >= 0.3 is 0 Å². The second kappa shape index (κ2) is 3.51. The Kier molecular flexibility index (Phi) is 2.45. The number of nitrogens with zero attached hydrogens (tertiary/aromatic N) is 1. The highest BCUT2D eigenvalue weighted by Gasteiger charge is 2.31. The van der Waals surface area contributed by atoms with Crippen molar-refractivity contribution in [1.29, 1.82) is 0 Å². The molecule has 0 fully saturated rings. The van der Waals surface area contributed by atoms with Gasteiger partial charge in [-0.15, -0.1) is 0 Å². The molecule has 82 valence electrons. The molecular formula is C13H19NO. The van der Waals surface area contributed by atoms with E-state index in [2.05, 4.69) is 32.7 Å². The van der Waals surface area contributed by atoms with Crippen molar-refractivity contribution in [2.75, 3.05) is 6.61 Å². The molecule has 1 aromatic rings. The van der Waals surface area contributed by atoms with E-state index in [-0.39, 0.29) is 5.41 Å². The topological polar surface area (TPSA) is 22.1 Å². The van der Waals surface area contributed by atoms with Crippen LogP contribution in [0.25, 0.3) is 0 Å². The molecule has 0 atom stereocenters. The lowest BCUT2D eigenvalue weighted by Crippen LogP contribution is -2.28. The van der Waals surface area contributed by atoms with Crippen molar-refractivity contribution in [3.05, 3.63) is 23.5 Å². The molecular weight excluding hydrogens is 186 g/mol. The number of fused-ring (bicyclic) bond motifs is 1. The largest absolute Gasteiger partial charge is 0.492 e. The first-order chi connectivity index (χ1) is 7.02. The first-order valence-electron chi connectivity index (χ1n) is 5.63. The molecule has 0 amide bonds. The number of aromatic nitrogens is 1. The molecule has 1 aliphatic heterocycles. The van der Waals surface area contributed by atoms with Crippen LogP contribution in [0.15, 0.2) is 12.4 Å². The lowest BCUT2D eigenvalue weighted by atomic mass is 9.76. The fourth-order valence-corrected chi connectivity index (χ4v) is 2.27. The van der Waals surface area contributed by atoms with Gasteiger partial charge < -0.3 is 4.74 Å². The molecule has 2 heterocycles. The van der Waals surface area contributed by atoms with Gasteiger partial charge in [0.2, 0.25) is 0 Å². The third-order valence-electron chi connectivity index (χ3n) is 3.22. The van der Waals surface area contributed by atoms with Crippen LogP contribution in [0.2, 0.25) is 0 Å². The van der Waals surface area contributed by atoms with E-state index in [4.69, 9.17) is 4.74 Å². The normalized spacial score (nSPS) is 18.5. The van der Waals surface area contributed by atoms with Crippen LogP contribution in [0.4, 0.5) is 0 Å². The first-order valence-corrected chi connectivity index (χ1v) is 5.63. The van der Waals surface area contributed by atoms with Gasteiger partial charge in [0, 0.05) is 11.8 Å². The maximum atomic E-state index is 5.69. The summed E-state index contributed by atoms with van der Waals surface area (Å²) in [5.41, 5.74) is 2.91. The van der Waals surface area contributed by atoms with E-state index in [1.54, 1.807) is 0 Å². The van der Waals surface area contributed by atoms with Gasteiger partial charge in [-0.25, -0.2) is 0 Å². The molecule has 0 N–H and O–H groups in total. The van der Waals surface area contributed by atoms with Gasteiger partial charge in [-0.2, -0.15) is 0 Å². The van der Waals surface area contributed by atoms with Gasteiger partial charge in [-0.3, -0.25) is 4.98 Å². The molecule has 0 spiro atoms. The van der Waals surface area contributed by atoms with Crippen molar-refractivity contribution in [3.8, 4) is 5.75 Å². The van der Waals surface area contributed by atoms with E-state index < -0.39 is 0 Å². The number of hydrogen-bond acceptors (Lipinski definition) is 2. The van der Waals surface area contributed by atoms with Crippen LogP contribution < -0.4 is 4.74 Å². The van der Waals surface area contributed by atoms with Crippen LogP contribution >= 0.6 is 0 Å². The van der Waals surface area contributed by atoms with E-state index in [9.17, 15) is 0 Å². The number of pyridine rings is 1. The fraction of sp³-hybridized carbons (Fsp3) is 0.615. The molecule has 2 heteroatoms. The first kappa shape index (κ1) is 10.5. The zero-order valence-corrected chi connectivity index (χ0v) is 10.0. The highest BCUT2D eigenvalue weighted by atomic mass is 16.5. The summed E-state index contributed by atoms with van der Waals surface area (Å²) in [6, 6.07) is 0. The molecule has 2 nitrogen and oxygen atoms in total. The monoisotopic (exact) mass is 205 g/mol. The van der Waals surface area contributed by atoms with Crippen LogP contribution in [0.5, 0.6) is 5.75 Å². The van der Waals surface area contributed by atoms with Crippen LogP contribution in [-0.4, -0.2) is 11.6 Å². The second-order valence-electron chi connectivity index (χ2n) is 5.24. The van der Waals surface area contributed by atoms with Crippen LogP contribution in [0.1, 0.15) is 51.2 Å². The minimum Gasteiger partial charge on any atom is -0.492 e. The average Bonchev–Trinajstić information content (AvgIpc) is 2.16. The van der Waals surface area contributed by atoms with Gasteiger partial charge in [-0.1, -0.05) is 27.7 Å². The van der Waals surface area contributed by atoms with Gasteiger partial charge in [0.25, 0.3) is 0 Å². The van der Waals surface area contributed by atoms with E-state index in [1.165, 1.54) is 11.1 Å². The summed E-state index contributed by atoms with van der Waals surface area (Å²) in [4.78, 5) is 4.26. The van der Waals surface area contributed by atoms with Crippen molar-refractivity contribution in [3.63, 3.8) is 0 Å². The predicted octanol–water partition coefficient (Wildman–Crippen LogP) is 3.27. The Balaban J connectivity index is 2.60. The van der Waals surface area contributed by atoms with Crippen molar-refractivity contribution < 1.29 is 4.74 Å². The highest BCUT2D eigenvalue weighted by Crippen LogP contribution is 2.41. The van der Waals surface area contributed by atoms with Gasteiger partial charge in [-0.05, 0) is 23.3 Å². The van der Waals surface area contributed by atoms with Gasteiger partial charge in [0.05, 0.1) is 12.8 Å². The summed E-state index contributed by atoms with van der Waals surface area (Å²) in [6.07, 6.45) is 4.92. The van der Waals surface area contributed by atoms with Crippen LogP contribution in [-0.2, 0) is 5.41 Å². The van der Waals surface area contributed by atoms with E-state index in [0.717, 1.165) is 18.8 Å². The third kappa shape index (κ3) is 1.73. The smallest absolute Gasteiger partial charge is 0.141 e. The van der Waals surface area contributed by atoms with Crippen molar-refractivity contribution in [2.45, 2.75) is 45.4 Å². The average molecular weight is 205 g/mol. The molecule has 0 radical (unpaired) electrons. The second-order valence-corrected chi connectivity index (χ2v) is 5.24. The lowest BCUT2D eigenvalue weighted by Gasteiger charge is -2.34. The third-order valence-corrected chi connectivity index (χ3v) is 3.22. The van der Waals surface area contributed by atoms with Crippen molar-refractivity contribution >= 4 is 0 Å². The quantitative estimate of drug-likeness (QED) is 0.702. The van der Waals surface area contributed by atoms with Gasteiger partial charge in [0.15, 0.2) is 0 Å². The minimum atomic E-state index is 0.218. The lowest BCUT2D eigenvalue weighted by molar-refractivity contribution is 0.231. The molecule has 1 aromatic heterocycles. The molecule has 0 aromatic carbocycles. The molecule has 2 rings (SSSR count). The molecule has 0 saturated heterocycles. The summed E-state index contributed by atoms with van der Waals surface area (Å²) in [5.74, 6) is 1.49. The molecule has 0 unspecified atom stereocenters. The van der Waals surface area contributed by atoms with Crippen molar-refractivity contribution in [2.24, 2.45) is 0 Å². The van der Waals surface area contributed by atoms with E-state index >= 15 is 0 Å². The summed E-state index contributed by atoms with van der Waals surface area (Å²) >= 11 is 0. The predicted molar refractivity (Wildman–Crippen MR) is 61.5 cm³/mol. The summed E-state index contributed by atoms with van der Waals surface area (Å²) in [5, 5.41) is 0. The molecule has 0 bridgehead atoms. The Morgan fingerprint density at radius 2 is 2.07 bits per heavy atom. The molecule has 0 aliphatic carbocycles. The zero-order chi connectivity index (χ0) is 11.1.